The Balaban J connectivity index is 4.28. The SMILES string of the molecule is CCCCCCCCCCCCCCC(=O)O[C@H](COC(=O)CCCCCCCCCCCCCCCCC(C)C)COC(=O)CCCCCCCCC(C)CC. The predicted molar refractivity (Wildman–Crippen MR) is 243 cm³/mol. The van der Waals surface area contributed by atoms with E-state index in [2.05, 4.69) is 34.6 Å². The van der Waals surface area contributed by atoms with Gasteiger partial charge in [-0.05, 0) is 31.1 Å². The Morgan fingerprint density at radius 1 is 0.368 bits per heavy atom. The third-order valence-corrected chi connectivity index (χ3v) is 11.8. The van der Waals surface area contributed by atoms with Gasteiger partial charge in [0.2, 0.25) is 0 Å². The van der Waals surface area contributed by atoms with Crippen LogP contribution in [0.2, 0.25) is 0 Å². The highest BCUT2D eigenvalue weighted by Gasteiger charge is 2.19. The second-order valence-electron chi connectivity index (χ2n) is 18.2. The molecule has 2 atom stereocenters. The molecule has 0 aliphatic rings. The van der Waals surface area contributed by atoms with Crippen molar-refractivity contribution in [3.63, 3.8) is 0 Å². The summed E-state index contributed by atoms with van der Waals surface area (Å²) in [7, 11) is 0. The maximum atomic E-state index is 12.7. The lowest BCUT2D eigenvalue weighted by Crippen LogP contribution is -2.30. The molecular weight excluding hydrogens is 709 g/mol. The molecule has 0 fully saturated rings. The van der Waals surface area contributed by atoms with Crippen molar-refractivity contribution in [2.24, 2.45) is 11.8 Å². The quantitative estimate of drug-likeness (QED) is 0.0346. The summed E-state index contributed by atoms with van der Waals surface area (Å²) in [4.78, 5) is 37.8. The predicted octanol–water partition coefficient (Wildman–Crippen LogP) is 16.1. The summed E-state index contributed by atoms with van der Waals surface area (Å²) < 4.78 is 16.8. The summed E-state index contributed by atoms with van der Waals surface area (Å²) in [6, 6.07) is 0. The molecule has 338 valence electrons. The van der Waals surface area contributed by atoms with E-state index in [1.165, 1.54) is 167 Å². The van der Waals surface area contributed by atoms with Crippen molar-refractivity contribution in [3.05, 3.63) is 0 Å². The Kier molecular flexibility index (Phi) is 42.7. The van der Waals surface area contributed by atoms with E-state index in [1.54, 1.807) is 0 Å². The van der Waals surface area contributed by atoms with Gasteiger partial charge in [-0.1, -0.05) is 240 Å². The van der Waals surface area contributed by atoms with Gasteiger partial charge in [-0.15, -0.1) is 0 Å². The van der Waals surface area contributed by atoms with Crippen molar-refractivity contribution in [3.8, 4) is 0 Å². The fourth-order valence-electron chi connectivity index (χ4n) is 7.60. The molecule has 0 heterocycles. The Bertz CT molecular complexity index is 872. The number of carbonyl (C=O) groups is 3. The van der Waals surface area contributed by atoms with Crippen LogP contribution in [-0.2, 0) is 28.6 Å². The van der Waals surface area contributed by atoms with Crippen LogP contribution in [0.15, 0.2) is 0 Å². The van der Waals surface area contributed by atoms with Gasteiger partial charge in [0, 0.05) is 19.3 Å². The normalized spacial score (nSPS) is 12.5. The van der Waals surface area contributed by atoms with Gasteiger partial charge < -0.3 is 14.2 Å². The van der Waals surface area contributed by atoms with E-state index in [9.17, 15) is 14.4 Å². The molecule has 57 heavy (non-hydrogen) atoms. The van der Waals surface area contributed by atoms with Crippen LogP contribution in [0.25, 0.3) is 0 Å². The second kappa shape index (κ2) is 44.0. The summed E-state index contributed by atoms with van der Waals surface area (Å²) in [5.74, 6) is 0.806. The lowest BCUT2D eigenvalue weighted by atomic mass is 10.00. The standard InChI is InChI=1S/C51H98O6/c1-6-8-9-10-11-12-13-19-23-26-33-38-43-51(54)57-48(45-56-50(53)42-37-32-28-27-30-35-40-47(5)7-2)44-55-49(52)41-36-31-25-22-20-17-15-14-16-18-21-24-29-34-39-46(3)4/h46-48H,6-45H2,1-5H3/t47?,48-/m1/s1. The molecule has 0 saturated carbocycles. The van der Waals surface area contributed by atoms with Crippen LogP contribution in [0.5, 0.6) is 0 Å². The number of rotatable bonds is 45. The highest BCUT2D eigenvalue weighted by Crippen LogP contribution is 2.17. The fourth-order valence-corrected chi connectivity index (χ4v) is 7.60. The lowest BCUT2D eigenvalue weighted by molar-refractivity contribution is -0.167. The third kappa shape index (κ3) is 43.8. The minimum Gasteiger partial charge on any atom is -0.462 e. The van der Waals surface area contributed by atoms with Crippen LogP contribution in [0.3, 0.4) is 0 Å². The van der Waals surface area contributed by atoms with Gasteiger partial charge in [-0.3, -0.25) is 14.4 Å². The van der Waals surface area contributed by atoms with Gasteiger partial charge in [0.05, 0.1) is 0 Å². The van der Waals surface area contributed by atoms with Crippen molar-refractivity contribution in [2.45, 2.75) is 285 Å². The van der Waals surface area contributed by atoms with Crippen molar-refractivity contribution in [2.75, 3.05) is 13.2 Å². The molecule has 0 rings (SSSR count). The summed E-state index contributed by atoms with van der Waals surface area (Å²) in [5, 5.41) is 0. The van der Waals surface area contributed by atoms with Crippen LogP contribution in [-0.4, -0.2) is 37.2 Å². The van der Waals surface area contributed by atoms with Crippen molar-refractivity contribution in [1.82, 2.24) is 0 Å². The molecular formula is C51H98O6. The number of esters is 3. The Labute approximate surface area is 355 Å². The molecule has 0 amide bonds. The topological polar surface area (TPSA) is 78.9 Å². The van der Waals surface area contributed by atoms with Crippen LogP contribution in [0.4, 0.5) is 0 Å². The van der Waals surface area contributed by atoms with Crippen molar-refractivity contribution >= 4 is 17.9 Å². The van der Waals surface area contributed by atoms with E-state index in [1.807, 2.05) is 0 Å². The first-order valence-corrected chi connectivity index (χ1v) is 25.3. The molecule has 0 radical (unpaired) electrons. The van der Waals surface area contributed by atoms with Gasteiger partial charge >= 0.3 is 17.9 Å². The molecule has 0 saturated heterocycles. The Morgan fingerprint density at radius 3 is 1.00 bits per heavy atom. The zero-order valence-electron chi connectivity index (χ0n) is 39.0. The highest BCUT2D eigenvalue weighted by molar-refractivity contribution is 5.71. The number of carbonyl (C=O) groups excluding carboxylic acids is 3. The first-order valence-electron chi connectivity index (χ1n) is 25.3. The monoisotopic (exact) mass is 807 g/mol. The van der Waals surface area contributed by atoms with E-state index in [0.29, 0.717) is 19.3 Å². The van der Waals surface area contributed by atoms with Gasteiger partial charge in [0.15, 0.2) is 6.10 Å². The van der Waals surface area contributed by atoms with E-state index in [0.717, 1.165) is 69.6 Å². The van der Waals surface area contributed by atoms with E-state index >= 15 is 0 Å². The summed E-state index contributed by atoms with van der Waals surface area (Å²) in [6.45, 7) is 11.3. The number of hydrogen-bond acceptors (Lipinski definition) is 6. The summed E-state index contributed by atoms with van der Waals surface area (Å²) in [6.07, 6.45) is 43.7. The molecule has 0 aromatic carbocycles. The molecule has 0 N–H and O–H groups in total. The van der Waals surface area contributed by atoms with Crippen LogP contribution in [0, 0.1) is 11.8 Å². The minimum absolute atomic E-state index is 0.0644. The van der Waals surface area contributed by atoms with Crippen LogP contribution < -0.4 is 0 Å². The largest absolute Gasteiger partial charge is 0.462 e. The summed E-state index contributed by atoms with van der Waals surface area (Å²) >= 11 is 0. The molecule has 1 unspecified atom stereocenters. The van der Waals surface area contributed by atoms with Gasteiger partial charge in [-0.25, -0.2) is 0 Å². The minimum atomic E-state index is -0.761. The molecule has 0 aliphatic carbocycles. The number of hydrogen-bond donors (Lipinski definition) is 0. The average molecular weight is 807 g/mol. The second-order valence-corrected chi connectivity index (χ2v) is 18.2. The molecule has 6 nitrogen and oxygen atoms in total. The van der Waals surface area contributed by atoms with Crippen LogP contribution in [0.1, 0.15) is 279 Å². The zero-order valence-corrected chi connectivity index (χ0v) is 39.0. The molecule has 0 bridgehead atoms. The Morgan fingerprint density at radius 2 is 0.667 bits per heavy atom. The molecule has 0 aromatic rings. The van der Waals surface area contributed by atoms with Gasteiger partial charge in [0.25, 0.3) is 0 Å². The van der Waals surface area contributed by atoms with Crippen molar-refractivity contribution < 1.29 is 28.6 Å². The molecule has 6 heteroatoms. The molecule has 0 aliphatic heterocycles. The van der Waals surface area contributed by atoms with E-state index < -0.39 is 6.10 Å². The van der Waals surface area contributed by atoms with Crippen LogP contribution >= 0.6 is 0 Å². The maximum Gasteiger partial charge on any atom is 0.306 e. The summed E-state index contributed by atoms with van der Waals surface area (Å²) in [5.41, 5.74) is 0. The highest BCUT2D eigenvalue weighted by atomic mass is 16.6. The van der Waals surface area contributed by atoms with Gasteiger partial charge in [0.1, 0.15) is 13.2 Å². The lowest BCUT2D eigenvalue weighted by Gasteiger charge is -2.18. The molecule has 0 aromatic heterocycles. The van der Waals surface area contributed by atoms with Crippen molar-refractivity contribution in [1.29, 1.82) is 0 Å². The zero-order chi connectivity index (χ0) is 41.9. The first kappa shape index (κ1) is 55.4. The Hall–Kier alpha value is -1.59. The average Bonchev–Trinajstić information content (AvgIpc) is 3.19. The fraction of sp³-hybridized carbons (Fsp3) is 0.941. The first-order chi connectivity index (χ1) is 27.8. The van der Waals surface area contributed by atoms with Gasteiger partial charge in [-0.2, -0.15) is 0 Å². The molecule has 0 spiro atoms. The maximum absolute atomic E-state index is 12.7. The number of unbranched alkanes of at least 4 members (excludes halogenated alkanes) is 29. The smallest absolute Gasteiger partial charge is 0.306 e. The van der Waals surface area contributed by atoms with E-state index in [-0.39, 0.29) is 31.1 Å². The number of ether oxygens (including phenoxy) is 3. The van der Waals surface area contributed by atoms with E-state index in [4.69, 9.17) is 14.2 Å². The third-order valence-electron chi connectivity index (χ3n) is 11.8.